The highest BCUT2D eigenvalue weighted by Gasteiger charge is 2.25. The molecule has 3 rings (SSSR count). The Balaban J connectivity index is 1.85. The molecule has 1 aromatic heterocycles. The van der Waals surface area contributed by atoms with Crippen molar-refractivity contribution in [3.05, 3.63) is 11.6 Å². The molecule has 2 aliphatic heterocycles. The van der Waals surface area contributed by atoms with Crippen LogP contribution in [0.5, 0.6) is 0 Å². The topological polar surface area (TPSA) is 30.7 Å². The van der Waals surface area contributed by atoms with Crippen LogP contribution in [-0.4, -0.2) is 26.3 Å². The van der Waals surface area contributed by atoms with E-state index < -0.39 is 0 Å². The molecule has 88 valence electrons. The summed E-state index contributed by atoms with van der Waals surface area (Å²) in [5, 5.41) is 4.72. The number of nitrogens with zero attached hydrogens (tertiary/aromatic N) is 3. The van der Waals surface area contributed by atoms with Gasteiger partial charge in [0.25, 0.3) is 0 Å². The Morgan fingerprint density at radius 3 is 2.81 bits per heavy atom. The average Bonchev–Trinajstić information content (AvgIpc) is 2.76. The smallest absolute Gasteiger partial charge is 0.154 e. The number of aryl methyl sites for hydroxylation is 1. The van der Waals surface area contributed by atoms with E-state index in [-0.39, 0.29) is 0 Å². The van der Waals surface area contributed by atoms with Crippen LogP contribution in [0.25, 0.3) is 0 Å². The number of fused-ring (bicyclic) bond motifs is 1. The molecular formula is C12H19N3S. The van der Waals surface area contributed by atoms with E-state index in [1.165, 1.54) is 43.0 Å². The first-order valence-electron chi connectivity index (χ1n) is 6.37. The highest BCUT2D eigenvalue weighted by molar-refractivity contribution is 7.99. The largest absolute Gasteiger partial charge is 0.250 e. The lowest BCUT2D eigenvalue weighted by molar-refractivity contribution is 0.430. The van der Waals surface area contributed by atoms with Crippen molar-refractivity contribution in [3.8, 4) is 0 Å². The van der Waals surface area contributed by atoms with Crippen LogP contribution in [0.3, 0.4) is 0 Å². The highest BCUT2D eigenvalue weighted by atomic mass is 32.2. The molecule has 0 radical (unpaired) electrons. The summed E-state index contributed by atoms with van der Waals surface area (Å²) in [6.45, 7) is 3.36. The number of aromatic nitrogens is 3. The molecule has 1 unspecified atom stereocenters. The van der Waals surface area contributed by atoms with E-state index in [0.717, 1.165) is 12.4 Å². The Kier molecular flexibility index (Phi) is 2.92. The van der Waals surface area contributed by atoms with Crippen molar-refractivity contribution in [1.82, 2.24) is 14.8 Å². The summed E-state index contributed by atoms with van der Waals surface area (Å²) >= 11 is 2.07. The predicted molar refractivity (Wildman–Crippen MR) is 67.0 cm³/mol. The second-order valence-corrected chi connectivity index (χ2v) is 6.21. The lowest BCUT2D eigenvalue weighted by Crippen LogP contribution is -2.15. The van der Waals surface area contributed by atoms with Gasteiger partial charge in [0.2, 0.25) is 0 Å². The van der Waals surface area contributed by atoms with Gasteiger partial charge in [-0.2, -0.15) is 16.9 Å². The fourth-order valence-corrected chi connectivity index (χ4v) is 3.81. The summed E-state index contributed by atoms with van der Waals surface area (Å²) in [7, 11) is 0. The Labute approximate surface area is 101 Å². The van der Waals surface area contributed by atoms with Crippen LogP contribution >= 0.6 is 11.8 Å². The third kappa shape index (κ3) is 1.88. The van der Waals surface area contributed by atoms with Gasteiger partial charge in [-0.25, -0.2) is 9.67 Å². The number of rotatable bonds is 1. The van der Waals surface area contributed by atoms with Gasteiger partial charge in [-0.05, 0) is 37.2 Å². The first-order valence-corrected chi connectivity index (χ1v) is 7.52. The third-order valence-electron chi connectivity index (χ3n) is 3.75. The first-order chi connectivity index (χ1) is 7.84. The van der Waals surface area contributed by atoms with Crippen molar-refractivity contribution in [2.75, 3.05) is 11.5 Å². The summed E-state index contributed by atoms with van der Waals surface area (Å²) in [4.78, 5) is 4.80. The second-order valence-electron chi connectivity index (χ2n) is 4.98. The minimum atomic E-state index is 0.605. The summed E-state index contributed by atoms with van der Waals surface area (Å²) in [5.41, 5.74) is 0. The van der Waals surface area contributed by atoms with Crippen molar-refractivity contribution >= 4 is 11.8 Å². The molecule has 2 aliphatic rings. The predicted octanol–water partition coefficient (Wildman–Crippen LogP) is 2.79. The van der Waals surface area contributed by atoms with Crippen molar-refractivity contribution < 1.29 is 0 Å². The molecule has 3 nitrogen and oxygen atoms in total. The minimum absolute atomic E-state index is 0.605. The average molecular weight is 237 g/mol. The van der Waals surface area contributed by atoms with Crippen molar-refractivity contribution in [1.29, 1.82) is 0 Å². The Morgan fingerprint density at radius 1 is 1.25 bits per heavy atom. The summed E-state index contributed by atoms with van der Waals surface area (Å²) in [6, 6.07) is 0. The van der Waals surface area contributed by atoms with Gasteiger partial charge in [0.05, 0.1) is 0 Å². The fourth-order valence-electron chi connectivity index (χ4n) is 2.71. The Bertz CT molecular complexity index is 368. The van der Waals surface area contributed by atoms with Crippen LogP contribution in [-0.2, 0) is 6.54 Å². The summed E-state index contributed by atoms with van der Waals surface area (Å²) in [5.74, 6) is 6.16. The normalized spacial score (nSPS) is 26.7. The van der Waals surface area contributed by atoms with Gasteiger partial charge in [-0.1, -0.05) is 6.92 Å². The monoisotopic (exact) mass is 237 g/mol. The zero-order chi connectivity index (χ0) is 11.0. The van der Waals surface area contributed by atoms with Crippen LogP contribution in [0, 0.1) is 0 Å². The van der Waals surface area contributed by atoms with Gasteiger partial charge in [0.15, 0.2) is 5.82 Å². The lowest BCUT2D eigenvalue weighted by Gasteiger charge is -2.17. The van der Waals surface area contributed by atoms with Crippen LogP contribution in [0.2, 0.25) is 0 Å². The molecular weight excluding hydrogens is 218 g/mol. The minimum Gasteiger partial charge on any atom is -0.250 e. The molecule has 0 amide bonds. The molecule has 1 aromatic rings. The number of hydrogen-bond donors (Lipinski definition) is 0. The van der Waals surface area contributed by atoms with Crippen LogP contribution in [0.4, 0.5) is 0 Å². The number of thioether (sulfide) groups is 1. The van der Waals surface area contributed by atoms with Crippen LogP contribution in [0.15, 0.2) is 0 Å². The molecule has 0 bridgehead atoms. The van der Waals surface area contributed by atoms with Gasteiger partial charge in [0, 0.05) is 18.4 Å². The SMILES string of the molecule is CC1CCCn2nc(C3CCSCC3)nc21. The van der Waals surface area contributed by atoms with Crippen molar-refractivity contribution in [3.63, 3.8) is 0 Å². The van der Waals surface area contributed by atoms with Gasteiger partial charge in [-0.3, -0.25) is 0 Å². The molecule has 16 heavy (non-hydrogen) atoms. The van der Waals surface area contributed by atoms with E-state index >= 15 is 0 Å². The van der Waals surface area contributed by atoms with Gasteiger partial charge in [0.1, 0.15) is 5.82 Å². The van der Waals surface area contributed by atoms with E-state index in [2.05, 4.69) is 23.4 Å². The Morgan fingerprint density at radius 2 is 2.06 bits per heavy atom. The third-order valence-corrected chi connectivity index (χ3v) is 4.80. The van der Waals surface area contributed by atoms with Crippen molar-refractivity contribution in [2.24, 2.45) is 0 Å². The molecule has 1 fully saturated rings. The molecule has 0 aromatic carbocycles. The highest BCUT2D eigenvalue weighted by Crippen LogP contribution is 2.32. The molecule has 0 saturated carbocycles. The van der Waals surface area contributed by atoms with Gasteiger partial charge in [-0.15, -0.1) is 0 Å². The molecule has 4 heteroatoms. The molecule has 0 N–H and O–H groups in total. The quantitative estimate of drug-likeness (QED) is 0.752. The standard InChI is InChI=1S/C12H19N3S/c1-9-3-2-6-15-12(9)13-11(14-15)10-4-7-16-8-5-10/h9-10H,2-8H2,1H3. The zero-order valence-corrected chi connectivity index (χ0v) is 10.7. The van der Waals surface area contributed by atoms with E-state index in [4.69, 9.17) is 10.1 Å². The molecule has 0 aliphatic carbocycles. The first kappa shape index (κ1) is 10.6. The molecule has 1 atom stereocenters. The molecule has 1 saturated heterocycles. The van der Waals surface area contributed by atoms with E-state index in [1.807, 2.05) is 0 Å². The van der Waals surface area contributed by atoms with Gasteiger partial charge < -0.3 is 0 Å². The zero-order valence-electron chi connectivity index (χ0n) is 9.85. The lowest BCUT2D eigenvalue weighted by atomic mass is 10.0. The molecule has 3 heterocycles. The second kappa shape index (κ2) is 4.40. The van der Waals surface area contributed by atoms with Crippen molar-refractivity contribution in [2.45, 2.75) is 51.0 Å². The number of hydrogen-bond acceptors (Lipinski definition) is 3. The summed E-state index contributed by atoms with van der Waals surface area (Å²) < 4.78 is 2.16. The van der Waals surface area contributed by atoms with Crippen LogP contribution in [0.1, 0.15) is 56.1 Å². The Hall–Kier alpha value is -0.510. The molecule has 0 spiro atoms. The van der Waals surface area contributed by atoms with E-state index in [1.54, 1.807) is 0 Å². The van der Waals surface area contributed by atoms with E-state index in [0.29, 0.717) is 11.8 Å². The van der Waals surface area contributed by atoms with Crippen LogP contribution < -0.4 is 0 Å². The maximum Gasteiger partial charge on any atom is 0.154 e. The fraction of sp³-hybridized carbons (Fsp3) is 0.833. The van der Waals surface area contributed by atoms with E-state index in [9.17, 15) is 0 Å². The van der Waals surface area contributed by atoms with Gasteiger partial charge >= 0.3 is 0 Å². The maximum absolute atomic E-state index is 4.80. The maximum atomic E-state index is 4.80. The summed E-state index contributed by atoms with van der Waals surface area (Å²) in [6.07, 6.45) is 5.07.